The van der Waals surface area contributed by atoms with Crippen LogP contribution in [0.15, 0.2) is 48.5 Å². The fraction of sp³-hybridized carbons (Fsp3) is 0.143. The number of para-hydroxylation sites is 1. The molecule has 1 N–H and O–H groups in total. The molecular formula is C14H13ClO2. The Kier molecular flexibility index (Phi) is 3.67. The van der Waals surface area contributed by atoms with Crippen molar-refractivity contribution < 1.29 is 9.84 Å². The van der Waals surface area contributed by atoms with Crippen molar-refractivity contribution in [2.75, 3.05) is 0 Å². The van der Waals surface area contributed by atoms with Gasteiger partial charge >= 0.3 is 0 Å². The zero-order valence-electron chi connectivity index (χ0n) is 9.43. The maximum absolute atomic E-state index is 9.46. The van der Waals surface area contributed by atoms with Gasteiger partial charge in [-0.1, -0.05) is 35.9 Å². The average molecular weight is 249 g/mol. The van der Waals surface area contributed by atoms with Gasteiger partial charge in [-0.25, -0.2) is 0 Å². The minimum Gasteiger partial charge on any atom is -0.457 e. The van der Waals surface area contributed by atoms with Gasteiger partial charge in [0.05, 0.1) is 11.1 Å². The van der Waals surface area contributed by atoms with Gasteiger partial charge < -0.3 is 9.84 Å². The lowest BCUT2D eigenvalue weighted by Crippen LogP contribution is -1.92. The lowest BCUT2D eigenvalue weighted by Gasteiger charge is -2.10. The predicted octanol–water partition coefficient (Wildman–Crippen LogP) is 4.19. The van der Waals surface area contributed by atoms with Crippen LogP contribution in [-0.4, -0.2) is 5.11 Å². The summed E-state index contributed by atoms with van der Waals surface area (Å²) in [4.78, 5) is 0. The molecule has 0 saturated carbocycles. The number of benzene rings is 2. The van der Waals surface area contributed by atoms with E-state index < -0.39 is 6.10 Å². The van der Waals surface area contributed by atoms with Crippen LogP contribution in [0.2, 0.25) is 5.02 Å². The minimum absolute atomic E-state index is 0.508. The van der Waals surface area contributed by atoms with Crippen LogP contribution in [0, 0.1) is 0 Å². The Bertz CT molecular complexity index is 495. The molecular weight excluding hydrogens is 236 g/mol. The second kappa shape index (κ2) is 5.21. The number of aliphatic hydroxyl groups is 1. The molecule has 1 atom stereocenters. The van der Waals surface area contributed by atoms with Crippen molar-refractivity contribution in [1.82, 2.24) is 0 Å². The summed E-state index contributed by atoms with van der Waals surface area (Å²) < 4.78 is 5.63. The summed E-state index contributed by atoms with van der Waals surface area (Å²) in [5, 5.41) is 9.97. The summed E-state index contributed by atoms with van der Waals surface area (Å²) in [6, 6.07) is 14.7. The normalized spacial score (nSPS) is 12.2. The Morgan fingerprint density at radius 2 is 1.76 bits per heavy atom. The molecule has 2 nitrogen and oxygen atoms in total. The minimum atomic E-state index is -0.576. The first-order valence-electron chi connectivity index (χ1n) is 5.37. The van der Waals surface area contributed by atoms with Crippen molar-refractivity contribution in [2.45, 2.75) is 13.0 Å². The molecule has 0 aliphatic heterocycles. The standard InChI is InChI=1S/C14H13ClO2/c1-10(16)13-8-7-12(9-14(13)15)17-11-5-3-2-4-6-11/h2-10,16H,1H3. The molecule has 88 valence electrons. The van der Waals surface area contributed by atoms with Gasteiger partial charge in [0.15, 0.2) is 0 Å². The van der Waals surface area contributed by atoms with E-state index in [2.05, 4.69) is 0 Å². The molecule has 0 heterocycles. The molecule has 17 heavy (non-hydrogen) atoms. The largest absolute Gasteiger partial charge is 0.457 e. The molecule has 0 aliphatic carbocycles. The van der Waals surface area contributed by atoms with E-state index in [-0.39, 0.29) is 0 Å². The van der Waals surface area contributed by atoms with Crippen LogP contribution >= 0.6 is 11.6 Å². The van der Waals surface area contributed by atoms with Crippen LogP contribution in [0.3, 0.4) is 0 Å². The Hall–Kier alpha value is -1.51. The molecule has 2 rings (SSSR count). The smallest absolute Gasteiger partial charge is 0.128 e. The number of halogens is 1. The monoisotopic (exact) mass is 248 g/mol. The van der Waals surface area contributed by atoms with Gasteiger partial charge in [-0.05, 0) is 36.8 Å². The van der Waals surface area contributed by atoms with E-state index in [0.717, 1.165) is 5.75 Å². The number of aliphatic hydroxyl groups excluding tert-OH is 1. The van der Waals surface area contributed by atoms with Crippen LogP contribution in [-0.2, 0) is 0 Å². The molecule has 0 radical (unpaired) electrons. The van der Waals surface area contributed by atoms with Crippen molar-refractivity contribution in [2.24, 2.45) is 0 Å². The van der Waals surface area contributed by atoms with Gasteiger partial charge in [0.2, 0.25) is 0 Å². The Morgan fingerprint density at radius 1 is 1.06 bits per heavy atom. The van der Waals surface area contributed by atoms with Crippen molar-refractivity contribution in [3.63, 3.8) is 0 Å². The molecule has 0 fully saturated rings. The number of rotatable bonds is 3. The molecule has 3 heteroatoms. The highest BCUT2D eigenvalue weighted by atomic mass is 35.5. The van der Waals surface area contributed by atoms with Crippen LogP contribution in [0.25, 0.3) is 0 Å². The maximum Gasteiger partial charge on any atom is 0.128 e. The highest BCUT2D eigenvalue weighted by molar-refractivity contribution is 6.31. The van der Waals surface area contributed by atoms with Gasteiger partial charge in [-0.2, -0.15) is 0 Å². The average Bonchev–Trinajstić information content (AvgIpc) is 2.30. The van der Waals surface area contributed by atoms with E-state index in [1.165, 1.54) is 0 Å². The van der Waals surface area contributed by atoms with E-state index in [1.807, 2.05) is 30.3 Å². The van der Waals surface area contributed by atoms with Gasteiger partial charge in [0.25, 0.3) is 0 Å². The first kappa shape index (κ1) is 12.0. The number of hydrogen-bond donors (Lipinski definition) is 1. The summed E-state index contributed by atoms with van der Waals surface area (Å²) in [7, 11) is 0. The van der Waals surface area contributed by atoms with Crippen molar-refractivity contribution in [3.8, 4) is 11.5 Å². The summed E-state index contributed by atoms with van der Waals surface area (Å²) in [5.74, 6) is 1.42. The van der Waals surface area contributed by atoms with Crippen molar-refractivity contribution in [3.05, 3.63) is 59.1 Å². The van der Waals surface area contributed by atoms with E-state index in [0.29, 0.717) is 16.3 Å². The van der Waals surface area contributed by atoms with Gasteiger partial charge in [0.1, 0.15) is 11.5 Å². The number of ether oxygens (including phenoxy) is 1. The molecule has 0 aromatic heterocycles. The SMILES string of the molecule is CC(O)c1ccc(Oc2ccccc2)cc1Cl. The fourth-order valence-electron chi connectivity index (χ4n) is 1.53. The third kappa shape index (κ3) is 2.99. The molecule has 0 aliphatic rings. The molecule has 0 amide bonds. The summed E-state index contributed by atoms with van der Waals surface area (Å²) >= 11 is 6.05. The molecule has 0 bridgehead atoms. The summed E-state index contributed by atoms with van der Waals surface area (Å²) in [6.45, 7) is 1.68. The van der Waals surface area contributed by atoms with E-state index in [1.54, 1.807) is 25.1 Å². The second-order valence-corrected chi connectivity index (χ2v) is 4.18. The Balaban J connectivity index is 2.21. The molecule has 1 unspecified atom stereocenters. The molecule has 2 aromatic carbocycles. The van der Waals surface area contributed by atoms with E-state index in [4.69, 9.17) is 16.3 Å². The van der Waals surface area contributed by atoms with Gasteiger partial charge in [-0.15, -0.1) is 0 Å². The lowest BCUT2D eigenvalue weighted by molar-refractivity contribution is 0.199. The zero-order valence-corrected chi connectivity index (χ0v) is 10.2. The first-order chi connectivity index (χ1) is 8.16. The quantitative estimate of drug-likeness (QED) is 0.883. The molecule has 0 saturated heterocycles. The predicted molar refractivity (Wildman–Crippen MR) is 68.6 cm³/mol. The Morgan fingerprint density at radius 3 is 2.35 bits per heavy atom. The fourth-order valence-corrected chi connectivity index (χ4v) is 1.86. The van der Waals surface area contributed by atoms with Crippen LogP contribution in [0.4, 0.5) is 0 Å². The zero-order chi connectivity index (χ0) is 12.3. The topological polar surface area (TPSA) is 29.5 Å². The van der Waals surface area contributed by atoms with Gasteiger partial charge in [0, 0.05) is 0 Å². The summed E-state index contributed by atoms with van der Waals surface area (Å²) in [6.07, 6.45) is -0.576. The van der Waals surface area contributed by atoms with E-state index in [9.17, 15) is 5.11 Å². The lowest BCUT2D eigenvalue weighted by atomic mass is 10.1. The molecule has 0 spiro atoms. The van der Waals surface area contributed by atoms with Crippen LogP contribution in [0.1, 0.15) is 18.6 Å². The van der Waals surface area contributed by atoms with Crippen molar-refractivity contribution in [1.29, 1.82) is 0 Å². The summed E-state index contributed by atoms with van der Waals surface area (Å²) in [5.41, 5.74) is 0.701. The first-order valence-corrected chi connectivity index (χ1v) is 5.75. The van der Waals surface area contributed by atoms with E-state index >= 15 is 0 Å². The Labute approximate surface area is 105 Å². The maximum atomic E-state index is 9.46. The van der Waals surface area contributed by atoms with Crippen LogP contribution < -0.4 is 4.74 Å². The highest BCUT2D eigenvalue weighted by Gasteiger charge is 2.07. The molecule has 2 aromatic rings. The second-order valence-electron chi connectivity index (χ2n) is 3.77. The van der Waals surface area contributed by atoms with Crippen LogP contribution in [0.5, 0.6) is 11.5 Å². The van der Waals surface area contributed by atoms with Gasteiger partial charge in [-0.3, -0.25) is 0 Å². The third-order valence-electron chi connectivity index (χ3n) is 2.40. The third-order valence-corrected chi connectivity index (χ3v) is 2.73. The highest BCUT2D eigenvalue weighted by Crippen LogP contribution is 2.29. The number of hydrogen-bond acceptors (Lipinski definition) is 2. The van der Waals surface area contributed by atoms with Crippen molar-refractivity contribution >= 4 is 11.6 Å².